The van der Waals surface area contributed by atoms with E-state index in [2.05, 4.69) is 29.6 Å². The van der Waals surface area contributed by atoms with Crippen LogP contribution in [-0.4, -0.2) is 103 Å². The van der Waals surface area contributed by atoms with E-state index < -0.39 is 5.60 Å². The first-order chi connectivity index (χ1) is 20.5. The molecule has 13 heteroatoms. The monoisotopic (exact) mass is 598 g/mol. The van der Waals surface area contributed by atoms with Crippen LogP contribution in [0.25, 0.3) is 5.65 Å². The lowest BCUT2D eigenvalue weighted by Gasteiger charge is -2.46. The molecule has 2 aromatic rings. The van der Waals surface area contributed by atoms with Crippen LogP contribution in [0.3, 0.4) is 0 Å². The predicted octanol–water partition coefficient (Wildman–Crippen LogP) is 4.39. The van der Waals surface area contributed by atoms with Crippen molar-refractivity contribution in [3.05, 3.63) is 11.8 Å². The van der Waals surface area contributed by atoms with Crippen molar-refractivity contribution in [2.24, 2.45) is 0 Å². The van der Waals surface area contributed by atoms with Crippen molar-refractivity contribution >= 4 is 29.7 Å². The van der Waals surface area contributed by atoms with Gasteiger partial charge in [-0.25, -0.2) is 9.59 Å². The third-order valence-electron chi connectivity index (χ3n) is 9.14. The van der Waals surface area contributed by atoms with Gasteiger partial charge in [-0.05, 0) is 72.1 Å². The summed E-state index contributed by atoms with van der Waals surface area (Å²) < 4.78 is 18.7. The van der Waals surface area contributed by atoms with E-state index in [0.29, 0.717) is 18.4 Å². The number of aromatic nitrogens is 4. The van der Waals surface area contributed by atoms with Crippen LogP contribution in [0.4, 0.5) is 21.5 Å². The van der Waals surface area contributed by atoms with E-state index in [-0.39, 0.29) is 54.4 Å². The van der Waals surface area contributed by atoms with E-state index in [1.807, 2.05) is 38.8 Å². The van der Waals surface area contributed by atoms with Gasteiger partial charge in [-0.3, -0.25) is 4.90 Å². The molecule has 2 aromatic heterocycles. The Kier molecular flexibility index (Phi) is 8.03. The highest BCUT2D eigenvalue weighted by Crippen LogP contribution is 2.38. The number of hydrogen-bond acceptors (Lipinski definition) is 10. The predicted molar refractivity (Wildman–Crippen MR) is 160 cm³/mol. The number of anilines is 2. The van der Waals surface area contributed by atoms with Crippen molar-refractivity contribution in [1.29, 1.82) is 0 Å². The average Bonchev–Trinajstić information content (AvgIpc) is 3.49. The van der Waals surface area contributed by atoms with Gasteiger partial charge in [-0.2, -0.15) is 19.6 Å². The second-order valence-corrected chi connectivity index (χ2v) is 13.8. The van der Waals surface area contributed by atoms with E-state index >= 15 is 0 Å². The molecule has 0 spiro atoms. The zero-order chi connectivity index (χ0) is 30.5. The quantitative estimate of drug-likeness (QED) is 0.493. The van der Waals surface area contributed by atoms with Crippen LogP contribution in [0.1, 0.15) is 91.5 Å². The van der Waals surface area contributed by atoms with Gasteiger partial charge < -0.3 is 29.7 Å². The highest BCUT2D eigenvalue weighted by molar-refractivity contribution is 5.72. The van der Waals surface area contributed by atoms with Crippen LogP contribution in [0.5, 0.6) is 0 Å². The molecule has 236 valence electrons. The summed E-state index contributed by atoms with van der Waals surface area (Å²) in [6.45, 7) is 13.5. The number of piperidine rings is 1. The highest BCUT2D eigenvalue weighted by atomic mass is 16.6. The summed E-state index contributed by atoms with van der Waals surface area (Å²) in [6, 6.07) is 0.357. The first kappa shape index (κ1) is 29.7. The number of ether oxygens (including phenoxy) is 3. The van der Waals surface area contributed by atoms with Crippen LogP contribution in [0.15, 0.2) is 6.20 Å². The molecule has 13 nitrogen and oxygen atoms in total. The maximum absolute atomic E-state index is 13.3. The van der Waals surface area contributed by atoms with Crippen molar-refractivity contribution in [3.8, 4) is 0 Å². The Morgan fingerprint density at radius 2 is 1.70 bits per heavy atom. The van der Waals surface area contributed by atoms with Crippen LogP contribution >= 0.6 is 0 Å². The van der Waals surface area contributed by atoms with Crippen molar-refractivity contribution in [2.45, 2.75) is 128 Å². The fourth-order valence-corrected chi connectivity index (χ4v) is 6.72. The molecule has 4 atom stereocenters. The van der Waals surface area contributed by atoms with Gasteiger partial charge in [0.25, 0.3) is 0 Å². The van der Waals surface area contributed by atoms with Gasteiger partial charge in [0.1, 0.15) is 11.7 Å². The minimum atomic E-state index is -0.565. The van der Waals surface area contributed by atoms with Gasteiger partial charge in [0, 0.05) is 42.9 Å². The summed E-state index contributed by atoms with van der Waals surface area (Å²) in [7, 11) is 0. The molecule has 4 saturated heterocycles. The van der Waals surface area contributed by atoms with Gasteiger partial charge >= 0.3 is 12.2 Å². The molecule has 2 bridgehead atoms. The number of fused-ring (bicyclic) bond motifs is 3. The smallest absolute Gasteiger partial charge is 0.410 e. The second kappa shape index (κ2) is 11.6. The number of hydrogen-bond donors (Lipinski definition) is 2. The fourth-order valence-electron chi connectivity index (χ4n) is 6.72. The van der Waals surface area contributed by atoms with E-state index in [4.69, 9.17) is 24.2 Å². The highest BCUT2D eigenvalue weighted by Gasteiger charge is 2.48. The van der Waals surface area contributed by atoms with Crippen LogP contribution in [-0.2, 0) is 14.2 Å². The third-order valence-corrected chi connectivity index (χ3v) is 9.14. The SMILES string of the molecule is CC(C)c1cnn2c(NC3CC4CCC(C3)N4C(=O)OC3CN(C(=O)OC(C)(C)C)C3C)nc(NC3CCOCC3)nc12. The molecule has 4 aliphatic heterocycles. The number of carbonyl (C=O) groups is 2. The number of likely N-dealkylation sites (tertiary alicyclic amines) is 1. The van der Waals surface area contributed by atoms with Crippen molar-refractivity contribution in [3.63, 3.8) is 0 Å². The molecule has 4 aliphatic rings. The van der Waals surface area contributed by atoms with Crippen LogP contribution in [0.2, 0.25) is 0 Å². The number of nitrogens with zero attached hydrogens (tertiary/aromatic N) is 6. The van der Waals surface area contributed by atoms with Gasteiger partial charge in [-0.15, -0.1) is 0 Å². The molecular weight excluding hydrogens is 552 g/mol. The second-order valence-electron chi connectivity index (χ2n) is 13.8. The molecule has 6 heterocycles. The molecule has 0 saturated carbocycles. The van der Waals surface area contributed by atoms with E-state index in [1.165, 1.54) is 0 Å². The number of rotatable bonds is 6. The minimum Gasteiger partial charge on any atom is -0.444 e. The molecule has 4 fully saturated rings. The average molecular weight is 599 g/mol. The molecule has 0 aromatic carbocycles. The number of carbonyl (C=O) groups excluding carboxylic acids is 2. The van der Waals surface area contributed by atoms with Crippen LogP contribution in [0, 0.1) is 0 Å². The number of nitrogens with one attached hydrogen (secondary N) is 2. The van der Waals surface area contributed by atoms with Crippen molar-refractivity contribution < 1.29 is 23.8 Å². The van der Waals surface area contributed by atoms with E-state index in [9.17, 15) is 9.59 Å². The molecule has 0 radical (unpaired) electrons. The summed E-state index contributed by atoms with van der Waals surface area (Å²) in [5.41, 5.74) is 1.32. The van der Waals surface area contributed by atoms with Gasteiger partial charge in [0.2, 0.25) is 11.9 Å². The lowest BCUT2D eigenvalue weighted by atomic mass is 9.98. The Hall–Kier alpha value is -3.35. The first-order valence-corrected chi connectivity index (χ1v) is 15.8. The lowest BCUT2D eigenvalue weighted by molar-refractivity contribution is -0.0793. The molecule has 2 N–H and O–H groups in total. The Morgan fingerprint density at radius 3 is 2.33 bits per heavy atom. The zero-order valence-electron chi connectivity index (χ0n) is 26.2. The lowest BCUT2D eigenvalue weighted by Crippen LogP contribution is -2.64. The van der Waals surface area contributed by atoms with Gasteiger partial charge in [0.15, 0.2) is 5.65 Å². The maximum Gasteiger partial charge on any atom is 0.410 e. The summed E-state index contributed by atoms with van der Waals surface area (Å²) in [5, 5.41) is 11.8. The molecule has 4 unspecified atom stereocenters. The summed E-state index contributed by atoms with van der Waals surface area (Å²) >= 11 is 0. The molecule has 0 aliphatic carbocycles. The molecule has 2 amide bonds. The Balaban J connectivity index is 1.11. The van der Waals surface area contributed by atoms with Crippen LogP contribution < -0.4 is 10.6 Å². The largest absolute Gasteiger partial charge is 0.444 e. The normalized spacial score (nSPS) is 27.7. The molecule has 43 heavy (non-hydrogen) atoms. The Bertz CT molecular complexity index is 1320. The number of amides is 2. The summed E-state index contributed by atoms with van der Waals surface area (Å²) in [6.07, 6.45) is 6.20. The maximum atomic E-state index is 13.3. The molecule has 6 rings (SSSR count). The summed E-state index contributed by atoms with van der Waals surface area (Å²) in [4.78, 5) is 39.1. The van der Waals surface area contributed by atoms with E-state index in [0.717, 1.165) is 62.9 Å². The minimum absolute atomic E-state index is 0.0853. The van der Waals surface area contributed by atoms with Gasteiger partial charge in [0.05, 0.1) is 18.8 Å². The summed E-state index contributed by atoms with van der Waals surface area (Å²) in [5.74, 6) is 1.54. The zero-order valence-corrected chi connectivity index (χ0v) is 26.2. The topological polar surface area (TPSA) is 135 Å². The van der Waals surface area contributed by atoms with Crippen molar-refractivity contribution in [1.82, 2.24) is 29.4 Å². The Labute approximate surface area is 253 Å². The van der Waals surface area contributed by atoms with Gasteiger partial charge in [-0.1, -0.05) is 13.8 Å². The third kappa shape index (κ3) is 6.18. The Morgan fingerprint density at radius 1 is 1.00 bits per heavy atom. The molecular formula is C30H46N8O5. The van der Waals surface area contributed by atoms with E-state index in [1.54, 1.807) is 9.42 Å². The first-order valence-electron chi connectivity index (χ1n) is 15.8. The standard InChI is InChI=1S/C30H46N8O5/c1-17(2)23-15-31-38-25(23)34-26(32-19-9-11-41-12-10-19)35-27(38)33-20-13-21-7-8-22(14-20)37(21)29(40)42-24-16-36(18(24)3)28(39)43-30(4,5)6/h15,17-22,24H,7-14,16H2,1-6H3,(H2,32,33,34,35). The van der Waals surface area contributed by atoms with Crippen molar-refractivity contribution in [2.75, 3.05) is 30.4 Å². The fraction of sp³-hybridized carbons (Fsp3) is 0.767.